The molecule has 4 heteroatoms. The van der Waals surface area contributed by atoms with Crippen molar-refractivity contribution >= 4 is 23.1 Å². The molecular weight excluding hydrogens is 272 g/mol. The van der Waals surface area contributed by atoms with Crippen LogP contribution in [0.1, 0.15) is 27.7 Å². The fourth-order valence-electron chi connectivity index (χ4n) is 2.41. The number of ketones is 1. The second kappa shape index (κ2) is 5.21. The summed E-state index contributed by atoms with van der Waals surface area (Å²) in [6.45, 7) is 1.25. The SMILES string of the molecule is CC(=O)COC(=O)c1cc2c(s1)-c1ccccc1CC2. The molecule has 0 N–H and O–H groups in total. The molecular formula is C16H14O3S. The van der Waals surface area contributed by atoms with Crippen LogP contribution in [0.4, 0.5) is 0 Å². The summed E-state index contributed by atoms with van der Waals surface area (Å²) in [7, 11) is 0. The summed E-state index contributed by atoms with van der Waals surface area (Å²) in [5.74, 6) is -0.554. The number of benzene rings is 1. The van der Waals surface area contributed by atoms with Gasteiger partial charge in [-0.25, -0.2) is 4.79 Å². The molecule has 1 heterocycles. The first-order chi connectivity index (χ1) is 9.65. The molecule has 0 spiro atoms. The van der Waals surface area contributed by atoms with E-state index in [1.165, 1.54) is 35.0 Å². The lowest BCUT2D eigenvalue weighted by molar-refractivity contribution is -0.120. The van der Waals surface area contributed by atoms with Crippen LogP contribution in [0.5, 0.6) is 0 Å². The molecule has 0 bridgehead atoms. The van der Waals surface area contributed by atoms with E-state index in [9.17, 15) is 9.59 Å². The van der Waals surface area contributed by atoms with Gasteiger partial charge in [-0.1, -0.05) is 24.3 Å². The van der Waals surface area contributed by atoms with E-state index >= 15 is 0 Å². The molecule has 0 atom stereocenters. The Labute approximate surface area is 121 Å². The van der Waals surface area contributed by atoms with Gasteiger partial charge in [0.15, 0.2) is 5.78 Å². The molecule has 0 fully saturated rings. The minimum atomic E-state index is -0.405. The summed E-state index contributed by atoms with van der Waals surface area (Å²) in [6, 6.07) is 10.2. The molecule has 0 aliphatic heterocycles. The fraction of sp³-hybridized carbons (Fsp3) is 0.250. The number of hydrogen-bond donors (Lipinski definition) is 0. The van der Waals surface area contributed by atoms with Crippen molar-refractivity contribution in [2.45, 2.75) is 19.8 Å². The Morgan fingerprint density at radius 3 is 2.75 bits per heavy atom. The summed E-state index contributed by atoms with van der Waals surface area (Å²) in [5, 5.41) is 0. The molecule has 1 aliphatic rings. The third-order valence-electron chi connectivity index (χ3n) is 3.34. The summed E-state index contributed by atoms with van der Waals surface area (Å²) in [4.78, 5) is 24.5. The van der Waals surface area contributed by atoms with Gasteiger partial charge in [-0.15, -0.1) is 11.3 Å². The Morgan fingerprint density at radius 2 is 1.95 bits per heavy atom. The van der Waals surface area contributed by atoms with E-state index in [-0.39, 0.29) is 12.4 Å². The van der Waals surface area contributed by atoms with Gasteiger partial charge in [0.05, 0.1) is 0 Å². The lowest BCUT2D eigenvalue weighted by Crippen LogP contribution is -2.10. The van der Waals surface area contributed by atoms with Gasteiger partial charge in [-0.2, -0.15) is 0 Å². The monoisotopic (exact) mass is 286 g/mol. The summed E-state index contributed by atoms with van der Waals surface area (Å²) in [6.07, 6.45) is 1.95. The predicted molar refractivity (Wildman–Crippen MR) is 78.1 cm³/mol. The Morgan fingerprint density at radius 1 is 1.20 bits per heavy atom. The first kappa shape index (κ1) is 13.1. The number of thiophene rings is 1. The lowest BCUT2D eigenvalue weighted by Gasteiger charge is -2.15. The highest BCUT2D eigenvalue weighted by molar-refractivity contribution is 7.17. The van der Waals surface area contributed by atoms with Gasteiger partial charge in [-0.05, 0) is 42.5 Å². The number of esters is 1. The van der Waals surface area contributed by atoms with Crippen LogP contribution in [0.2, 0.25) is 0 Å². The molecule has 1 aliphatic carbocycles. The van der Waals surface area contributed by atoms with Crippen LogP contribution in [-0.2, 0) is 22.4 Å². The topological polar surface area (TPSA) is 43.4 Å². The van der Waals surface area contributed by atoms with E-state index in [1.807, 2.05) is 18.2 Å². The van der Waals surface area contributed by atoms with Crippen molar-refractivity contribution in [2.75, 3.05) is 6.61 Å². The number of ether oxygens (including phenoxy) is 1. The van der Waals surface area contributed by atoms with E-state index in [0.29, 0.717) is 4.88 Å². The molecule has 3 nitrogen and oxygen atoms in total. The van der Waals surface area contributed by atoms with Crippen LogP contribution >= 0.6 is 11.3 Å². The van der Waals surface area contributed by atoms with E-state index in [4.69, 9.17) is 4.74 Å². The Bertz CT molecular complexity index is 685. The molecule has 0 amide bonds. The van der Waals surface area contributed by atoms with Gasteiger partial charge in [-0.3, -0.25) is 4.79 Å². The third-order valence-corrected chi connectivity index (χ3v) is 4.53. The number of carbonyl (C=O) groups is 2. The molecule has 0 saturated heterocycles. The average Bonchev–Trinajstić information content (AvgIpc) is 2.89. The Balaban J connectivity index is 1.90. The van der Waals surface area contributed by atoms with Crippen LogP contribution < -0.4 is 0 Å². The maximum Gasteiger partial charge on any atom is 0.348 e. The standard InChI is InChI=1S/C16H14O3S/c1-10(17)9-19-16(18)14-8-12-7-6-11-4-2-3-5-13(11)15(12)20-14/h2-5,8H,6-7,9H2,1H3. The van der Waals surface area contributed by atoms with Gasteiger partial charge in [0.1, 0.15) is 11.5 Å². The highest BCUT2D eigenvalue weighted by Crippen LogP contribution is 2.39. The molecule has 20 heavy (non-hydrogen) atoms. The maximum absolute atomic E-state index is 11.9. The highest BCUT2D eigenvalue weighted by Gasteiger charge is 2.22. The van der Waals surface area contributed by atoms with Gasteiger partial charge in [0.25, 0.3) is 0 Å². The summed E-state index contributed by atoms with van der Waals surface area (Å²) in [5.41, 5.74) is 3.73. The van der Waals surface area contributed by atoms with E-state index < -0.39 is 5.97 Å². The molecule has 0 unspecified atom stereocenters. The van der Waals surface area contributed by atoms with Crippen LogP contribution in [0.25, 0.3) is 10.4 Å². The van der Waals surface area contributed by atoms with E-state index in [0.717, 1.165) is 17.7 Å². The van der Waals surface area contributed by atoms with Gasteiger partial charge in [0.2, 0.25) is 0 Å². The second-order valence-corrected chi connectivity index (χ2v) is 5.95. The third kappa shape index (κ3) is 2.39. The van der Waals surface area contributed by atoms with Gasteiger partial charge < -0.3 is 4.74 Å². The van der Waals surface area contributed by atoms with Crippen molar-refractivity contribution in [1.82, 2.24) is 0 Å². The average molecular weight is 286 g/mol. The molecule has 1 aromatic carbocycles. The molecule has 0 saturated carbocycles. The highest BCUT2D eigenvalue weighted by atomic mass is 32.1. The van der Waals surface area contributed by atoms with Crippen LogP contribution in [0.3, 0.4) is 0 Å². The van der Waals surface area contributed by atoms with Gasteiger partial charge in [0, 0.05) is 4.88 Å². The number of fused-ring (bicyclic) bond motifs is 3. The van der Waals surface area contributed by atoms with E-state index in [2.05, 4.69) is 12.1 Å². The minimum absolute atomic E-state index is 0.148. The first-order valence-corrected chi connectivity index (χ1v) is 7.34. The number of carbonyl (C=O) groups excluding carboxylic acids is 2. The fourth-order valence-corrected chi connectivity index (χ4v) is 3.58. The zero-order valence-corrected chi connectivity index (χ0v) is 12.0. The van der Waals surface area contributed by atoms with Crippen LogP contribution in [0, 0.1) is 0 Å². The minimum Gasteiger partial charge on any atom is -0.454 e. The molecule has 102 valence electrons. The van der Waals surface area contributed by atoms with Crippen LogP contribution in [0.15, 0.2) is 30.3 Å². The zero-order chi connectivity index (χ0) is 14.1. The summed E-state index contributed by atoms with van der Waals surface area (Å²) >= 11 is 1.45. The zero-order valence-electron chi connectivity index (χ0n) is 11.1. The van der Waals surface area contributed by atoms with Crippen molar-refractivity contribution in [1.29, 1.82) is 0 Å². The first-order valence-electron chi connectivity index (χ1n) is 6.52. The smallest absolute Gasteiger partial charge is 0.348 e. The molecule has 0 radical (unpaired) electrons. The summed E-state index contributed by atoms with van der Waals surface area (Å²) < 4.78 is 4.98. The van der Waals surface area contributed by atoms with Gasteiger partial charge >= 0.3 is 5.97 Å². The number of Topliss-reactive ketones (excluding diaryl/α,β-unsaturated/α-hetero) is 1. The van der Waals surface area contributed by atoms with Crippen molar-refractivity contribution < 1.29 is 14.3 Å². The normalized spacial score (nSPS) is 12.4. The maximum atomic E-state index is 11.9. The molecule has 1 aromatic heterocycles. The Hall–Kier alpha value is -1.94. The predicted octanol–water partition coefficient (Wildman–Crippen LogP) is 3.26. The van der Waals surface area contributed by atoms with E-state index in [1.54, 1.807) is 0 Å². The van der Waals surface area contributed by atoms with Crippen molar-refractivity contribution in [2.24, 2.45) is 0 Å². The number of rotatable bonds is 3. The second-order valence-electron chi connectivity index (χ2n) is 4.90. The quantitative estimate of drug-likeness (QED) is 0.813. The molecule has 2 aromatic rings. The Kier molecular flexibility index (Phi) is 3.40. The van der Waals surface area contributed by atoms with Crippen molar-refractivity contribution in [3.8, 4) is 10.4 Å². The number of hydrogen-bond acceptors (Lipinski definition) is 4. The van der Waals surface area contributed by atoms with Crippen LogP contribution in [-0.4, -0.2) is 18.4 Å². The number of aryl methyl sites for hydroxylation is 2. The van der Waals surface area contributed by atoms with Crippen molar-refractivity contribution in [3.63, 3.8) is 0 Å². The molecule has 3 rings (SSSR count). The largest absolute Gasteiger partial charge is 0.454 e. The van der Waals surface area contributed by atoms with Crippen molar-refractivity contribution in [3.05, 3.63) is 46.3 Å². The lowest BCUT2D eigenvalue weighted by atomic mass is 9.91.